The molecule has 0 radical (unpaired) electrons. The fourth-order valence-corrected chi connectivity index (χ4v) is 4.22. The lowest BCUT2D eigenvalue weighted by Gasteiger charge is -2.42. The first-order chi connectivity index (χ1) is 13.2. The minimum atomic E-state index is -0.591. The number of benzene rings is 2. The monoisotopic (exact) mass is 376 g/mol. The van der Waals surface area contributed by atoms with Crippen LogP contribution in [0.3, 0.4) is 0 Å². The summed E-state index contributed by atoms with van der Waals surface area (Å²) in [5, 5.41) is 7.14. The third-order valence-electron chi connectivity index (χ3n) is 5.11. The van der Waals surface area contributed by atoms with Crippen LogP contribution in [0.2, 0.25) is 0 Å². The van der Waals surface area contributed by atoms with E-state index in [1.165, 1.54) is 0 Å². The number of hydrogen-bond donors (Lipinski definition) is 3. The standard InChI is InChI=1S/C22H24N4O2/c1-21(2,12-18-23-16-10-6-4-8-14(16)19(27)24-18)13-22(3)25-17-11-7-5-9-15(17)20(28)26-22/h4-11,25H,12-13H2,1-3H3,(H,26,28)(H,23,24,27). The van der Waals surface area contributed by atoms with E-state index in [-0.39, 0.29) is 16.9 Å². The molecule has 2 aromatic carbocycles. The Morgan fingerprint density at radius 3 is 2.54 bits per heavy atom. The van der Waals surface area contributed by atoms with Crippen molar-refractivity contribution in [3.63, 3.8) is 0 Å². The van der Waals surface area contributed by atoms with Crippen molar-refractivity contribution in [3.05, 3.63) is 70.3 Å². The van der Waals surface area contributed by atoms with Crippen LogP contribution < -0.4 is 16.2 Å². The van der Waals surface area contributed by atoms with E-state index in [1.807, 2.05) is 49.4 Å². The van der Waals surface area contributed by atoms with Crippen LogP contribution in [0.4, 0.5) is 5.69 Å². The largest absolute Gasteiger partial charge is 0.362 e. The van der Waals surface area contributed by atoms with E-state index in [9.17, 15) is 9.59 Å². The number of anilines is 1. The van der Waals surface area contributed by atoms with Gasteiger partial charge in [0.25, 0.3) is 11.5 Å². The van der Waals surface area contributed by atoms with Gasteiger partial charge in [-0.05, 0) is 43.0 Å². The third-order valence-corrected chi connectivity index (χ3v) is 5.11. The number of aromatic nitrogens is 2. The Labute approximate surface area is 163 Å². The molecule has 4 rings (SSSR count). The van der Waals surface area contributed by atoms with Crippen LogP contribution in [0.1, 0.15) is 43.4 Å². The molecule has 1 atom stereocenters. The lowest BCUT2D eigenvalue weighted by Crippen LogP contribution is -2.57. The van der Waals surface area contributed by atoms with E-state index in [2.05, 4.69) is 34.4 Å². The molecule has 1 aliphatic rings. The molecule has 0 fully saturated rings. The Bertz CT molecular complexity index is 1120. The van der Waals surface area contributed by atoms with Crippen molar-refractivity contribution in [3.8, 4) is 0 Å². The molecule has 0 spiro atoms. The Morgan fingerprint density at radius 1 is 1.00 bits per heavy atom. The molecule has 0 aliphatic carbocycles. The van der Waals surface area contributed by atoms with Gasteiger partial charge < -0.3 is 15.6 Å². The highest BCUT2D eigenvalue weighted by atomic mass is 16.2. The second-order valence-corrected chi connectivity index (χ2v) is 8.50. The predicted molar refractivity (Wildman–Crippen MR) is 110 cm³/mol. The van der Waals surface area contributed by atoms with Crippen LogP contribution in [0.25, 0.3) is 10.9 Å². The summed E-state index contributed by atoms with van der Waals surface area (Å²) >= 11 is 0. The SMILES string of the molecule is CC(C)(Cc1nc2ccccc2c(=O)[nH]1)CC1(C)NC(=O)c2ccccc2N1. The van der Waals surface area contributed by atoms with E-state index < -0.39 is 5.66 Å². The highest BCUT2D eigenvalue weighted by Gasteiger charge is 2.38. The number of H-pyrrole nitrogens is 1. The topological polar surface area (TPSA) is 86.9 Å². The molecule has 3 aromatic rings. The summed E-state index contributed by atoms with van der Waals surface area (Å²) in [5.41, 5.74) is 1.24. The van der Waals surface area contributed by atoms with Crippen LogP contribution in [-0.4, -0.2) is 21.5 Å². The summed E-state index contributed by atoms with van der Waals surface area (Å²) in [6.45, 7) is 6.21. The van der Waals surface area contributed by atoms with Crippen molar-refractivity contribution in [2.45, 2.75) is 39.3 Å². The lowest BCUT2D eigenvalue weighted by molar-refractivity contribution is 0.0880. The molecule has 144 valence electrons. The summed E-state index contributed by atoms with van der Waals surface area (Å²) in [5.74, 6) is 0.574. The van der Waals surface area contributed by atoms with Crippen molar-refractivity contribution < 1.29 is 4.79 Å². The number of aromatic amines is 1. The zero-order chi connectivity index (χ0) is 19.9. The molecule has 0 bridgehead atoms. The Balaban J connectivity index is 1.58. The molecule has 0 saturated heterocycles. The molecular weight excluding hydrogens is 352 g/mol. The lowest BCUT2D eigenvalue weighted by atomic mass is 9.79. The van der Waals surface area contributed by atoms with Gasteiger partial charge in [0.15, 0.2) is 0 Å². The van der Waals surface area contributed by atoms with Crippen LogP contribution >= 0.6 is 0 Å². The maximum atomic E-state index is 12.5. The number of carbonyl (C=O) groups excluding carboxylic acids is 1. The molecule has 2 heterocycles. The van der Waals surface area contributed by atoms with Crippen LogP contribution in [0, 0.1) is 5.41 Å². The molecule has 6 heteroatoms. The number of carbonyl (C=O) groups is 1. The van der Waals surface area contributed by atoms with Gasteiger partial charge in [-0.2, -0.15) is 0 Å². The number of hydrogen-bond acceptors (Lipinski definition) is 4. The first-order valence-electron chi connectivity index (χ1n) is 9.42. The molecule has 1 unspecified atom stereocenters. The van der Waals surface area contributed by atoms with Gasteiger partial charge >= 0.3 is 0 Å². The number of para-hydroxylation sites is 2. The molecule has 28 heavy (non-hydrogen) atoms. The van der Waals surface area contributed by atoms with Gasteiger partial charge in [-0.15, -0.1) is 0 Å². The molecule has 0 saturated carbocycles. The summed E-state index contributed by atoms with van der Waals surface area (Å²) < 4.78 is 0. The van der Waals surface area contributed by atoms with E-state index in [0.717, 1.165) is 5.69 Å². The zero-order valence-electron chi connectivity index (χ0n) is 16.3. The molecule has 6 nitrogen and oxygen atoms in total. The van der Waals surface area contributed by atoms with Crippen molar-refractivity contribution >= 4 is 22.5 Å². The van der Waals surface area contributed by atoms with E-state index in [0.29, 0.717) is 35.1 Å². The van der Waals surface area contributed by atoms with Crippen molar-refractivity contribution in [1.29, 1.82) is 0 Å². The highest BCUT2D eigenvalue weighted by molar-refractivity contribution is 6.02. The first-order valence-corrected chi connectivity index (χ1v) is 9.42. The smallest absolute Gasteiger partial charge is 0.258 e. The van der Waals surface area contributed by atoms with Crippen molar-refractivity contribution in [1.82, 2.24) is 15.3 Å². The second-order valence-electron chi connectivity index (χ2n) is 8.50. The molecule has 1 aromatic heterocycles. The molecule has 1 amide bonds. The summed E-state index contributed by atoms with van der Waals surface area (Å²) in [6, 6.07) is 14.8. The predicted octanol–water partition coefficient (Wildman–Crippen LogP) is 3.45. The van der Waals surface area contributed by atoms with Crippen LogP contribution in [0.5, 0.6) is 0 Å². The van der Waals surface area contributed by atoms with E-state index in [4.69, 9.17) is 0 Å². The average molecular weight is 376 g/mol. The Morgan fingerprint density at radius 2 is 1.71 bits per heavy atom. The van der Waals surface area contributed by atoms with E-state index >= 15 is 0 Å². The minimum Gasteiger partial charge on any atom is -0.362 e. The van der Waals surface area contributed by atoms with Gasteiger partial charge in [0.05, 0.1) is 16.5 Å². The van der Waals surface area contributed by atoms with Gasteiger partial charge in [-0.25, -0.2) is 4.98 Å². The fourth-order valence-electron chi connectivity index (χ4n) is 4.22. The molecule has 3 N–H and O–H groups in total. The number of fused-ring (bicyclic) bond motifs is 2. The maximum absolute atomic E-state index is 12.5. The number of rotatable bonds is 4. The first kappa shape index (κ1) is 18.2. The zero-order valence-corrected chi connectivity index (χ0v) is 16.3. The average Bonchev–Trinajstić information content (AvgIpc) is 2.60. The van der Waals surface area contributed by atoms with Crippen molar-refractivity contribution in [2.24, 2.45) is 5.41 Å². The van der Waals surface area contributed by atoms with Gasteiger partial charge in [-0.1, -0.05) is 38.1 Å². The van der Waals surface area contributed by atoms with Crippen molar-refractivity contribution in [2.75, 3.05) is 5.32 Å². The molecule has 1 aliphatic heterocycles. The van der Waals surface area contributed by atoms with Crippen LogP contribution in [-0.2, 0) is 6.42 Å². The number of nitrogens with zero attached hydrogens (tertiary/aromatic N) is 1. The van der Waals surface area contributed by atoms with E-state index in [1.54, 1.807) is 6.07 Å². The summed E-state index contributed by atoms with van der Waals surface area (Å²) in [7, 11) is 0. The molecular formula is C22H24N4O2. The summed E-state index contributed by atoms with van der Waals surface area (Å²) in [6.07, 6.45) is 1.25. The second kappa shape index (κ2) is 6.48. The fraction of sp³-hybridized carbons (Fsp3) is 0.318. The van der Waals surface area contributed by atoms with Gasteiger partial charge in [0.1, 0.15) is 11.5 Å². The van der Waals surface area contributed by atoms with Gasteiger partial charge in [-0.3, -0.25) is 9.59 Å². The quantitative estimate of drug-likeness (QED) is 0.651. The third kappa shape index (κ3) is 3.50. The highest BCUT2D eigenvalue weighted by Crippen LogP contribution is 2.34. The Hall–Kier alpha value is -3.15. The normalized spacial score (nSPS) is 19.0. The summed E-state index contributed by atoms with van der Waals surface area (Å²) in [4.78, 5) is 32.4. The number of amides is 1. The van der Waals surface area contributed by atoms with Gasteiger partial charge in [0.2, 0.25) is 0 Å². The maximum Gasteiger partial charge on any atom is 0.258 e. The van der Waals surface area contributed by atoms with Crippen LogP contribution in [0.15, 0.2) is 53.3 Å². The Kier molecular flexibility index (Phi) is 4.22. The van der Waals surface area contributed by atoms with Gasteiger partial charge in [0, 0.05) is 12.1 Å². The number of nitrogens with one attached hydrogen (secondary N) is 3. The minimum absolute atomic E-state index is 0.0788.